The van der Waals surface area contributed by atoms with Crippen LogP contribution in [0.25, 0.3) is 0 Å². The maximum atomic E-state index is 11.5. The molecule has 21 heavy (non-hydrogen) atoms. The third-order valence-electron chi connectivity index (χ3n) is 5.93. The lowest BCUT2D eigenvalue weighted by molar-refractivity contribution is -0.132. The SMILES string of the molecule is CC(=O)N1CCN2C[C@H](C[Si](C)(C)C(C)(C)C)NCC2C1. The van der Waals surface area contributed by atoms with E-state index >= 15 is 0 Å². The van der Waals surface area contributed by atoms with Gasteiger partial charge >= 0.3 is 0 Å². The van der Waals surface area contributed by atoms with E-state index in [1.165, 1.54) is 6.04 Å². The number of piperazine rings is 2. The minimum atomic E-state index is -1.23. The van der Waals surface area contributed by atoms with Crippen molar-refractivity contribution in [1.29, 1.82) is 0 Å². The highest BCUT2D eigenvalue weighted by Crippen LogP contribution is 2.39. The highest BCUT2D eigenvalue weighted by Gasteiger charge is 2.40. The van der Waals surface area contributed by atoms with Gasteiger partial charge in [-0.1, -0.05) is 33.9 Å². The molecule has 2 heterocycles. The van der Waals surface area contributed by atoms with Crippen molar-refractivity contribution in [3.8, 4) is 0 Å². The summed E-state index contributed by atoms with van der Waals surface area (Å²) in [5.74, 6) is 0.220. The van der Waals surface area contributed by atoms with Gasteiger partial charge in [0.1, 0.15) is 0 Å². The molecule has 0 aromatic carbocycles. The number of hydrogen-bond acceptors (Lipinski definition) is 3. The molecule has 1 amide bonds. The minimum absolute atomic E-state index is 0.220. The number of carbonyl (C=O) groups excluding carboxylic acids is 1. The summed E-state index contributed by atoms with van der Waals surface area (Å²) < 4.78 is 0. The van der Waals surface area contributed by atoms with E-state index in [-0.39, 0.29) is 5.91 Å². The molecule has 5 heteroatoms. The summed E-state index contributed by atoms with van der Waals surface area (Å²) in [5.41, 5.74) is 0. The quantitative estimate of drug-likeness (QED) is 0.792. The van der Waals surface area contributed by atoms with Gasteiger partial charge in [0.2, 0.25) is 5.91 Å². The van der Waals surface area contributed by atoms with E-state index in [1.807, 2.05) is 4.90 Å². The van der Waals surface area contributed by atoms with Crippen LogP contribution >= 0.6 is 0 Å². The number of hydrogen-bond donors (Lipinski definition) is 1. The van der Waals surface area contributed by atoms with Gasteiger partial charge in [0, 0.05) is 51.7 Å². The smallest absolute Gasteiger partial charge is 0.219 e. The van der Waals surface area contributed by atoms with E-state index < -0.39 is 8.07 Å². The minimum Gasteiger partial charge on any atom is -0.340 e. The molecule has 2 fully saturated rings. The fourth-order valence-electron chi connectivity index (χ4n) is 3.32. The number of nitrogens with zero attached hydrogens (tertiary/aromatic N) is 2. The van der Waals surface area contributed by atoms with Gasteiger partial charge in [0.25, 0.3) is 0 Å². The fraction of sp³-hybridized carbons (Fsp3) is 0.938. The molecule has 0 aromatic heterocycles. The lowest BCUT2D eigenvalue weighted by atomic mass is 10.1. The Morgan fingerprint density at radius 2 is 1.90 bits per heavy atom. The van der Waals surface area contributed by atoms with E-state index in [2.05, 4.69) is 44.1 Å². The standard InChI is InChI=1S/C16H33N3OSi/c1-13(20)18-7-8-19-10-14(17-9-15(19)11-18)12-21(5,6)16(2,3)4/h14-15,17H,7-12H2,1-6H3/t14-,15?/m1/s1. The zero-order valence-corrected chi connectivity index (χ0v) is 15.7. The second kappa shape index (κ2) is 6.01. The van der Waals surface area contributed by atoms with E-state index in [0.29, 0.717) is 17.1 Å². The van der Waals surface area contributed by atoms with Crippen molar-refractivity contribution in [2.75, 3.05) is 32.7 Å². The topological polar surface area (TPSA) is 35.6 Å². The van der Waals surface area contributed by atoms with Crippen molar-refractivity contribution in [3.05, 3.63) is 0 Å². The average molecular weight is 312 g/mol. The summed E-state index contributed by atoms with van der Waals surface area (Å²) in [4.78, 5) is 16.1. The molecule has 0 spiro atoms. The fourth-order valence-corrected chi connectivity index (χ4v) is 5.44. The molecule has 122 valence electrons. The van der Waals surface area contributed by atoms with Crippen LogP contribution in [0.1, 0.15) is 27.7 Å². The summed E-state index contributed by atoms with van der Waals surface area (Å²) in [6, 6.07) is 2.49. The predicted octanol–water partition coefficient (Wildman–Crippen LogP) is 2.00. The Balaban J connectivity index is 1.91. The molecule has 0 aliphatic carbocycles. The second-order valence-corrected chi connectivity index (χ2v) is 14.2. The summed E-state index contributed by atoms with van der Waals surface area (Å²) in [6.07, 6.45) is 0. The molecule has 2 saturated heterocycles. The number of nitrogens with one attached hydrogen (secondary N) is 1. The molecule has 2 aliphatic rings. The van der Waals surface area contributed by atoms with Gasteiger partial charge in [-0.25, -0.2) is 0 Å². The summed E-state index contributed by atoms with van der Waals surface area (Å²) in [5, 5.41) is 4.22. The van der Waals surface area contributed by atoms with Gasteiger partial charge < -0.3 is 10.2 Å². The lowest BCUT2D eigenvalue weighted by Crippen LogP contribution is -2.65. The first-order valence-corrected chi connectivity index (χ1v) is 11.5. The maximum absolute atomic E-state index is 11.5. The molecule has 0 bridgehead atoms. The first kappa shape index (κ1) is 17.0. The Labute approximate surface area is 131 Å². The van der Waals surface area contributed by atoms with Crippen LogP contribution in [0.2, 0.25) is 24.2 Å². The van der Waals surface area contributed by atoms with Gasteiger partial charge in [-0.2, -0.15) is 0 Å². The van der Waals surface area contributed by atoms with Crippen molar-refractivity contribution in [2.24, 2.45) is 0 Å². The van der Waals surface area contributed by atoms with Gasteiger partial charge in [0.05, 0.1) is 8.07 Å². The van der Waals surface area contributed by atoms with Crippen molar-refractivity contribution in [3.63, 3.8) is 0 Å². The van der Waals surface area contributed by atoms with Crippen LogP contribution in [0.4, 0.5) is 0 Å². The van der Waals surface area contributed by atoms with Gasteiger partial charge in [-0.05, 0) is 11.1 Å². The van der Waals surface area contributed by atoms with Crippen molar-refractivity contribution in [2.45, 2.75) is 64.0 Å². The molecule has 0 aromatic rings. The first-order chi connectivity index (χ1) is 9.60. The van der Waals surface area contributed by atoms with Gasteiger partial charge in [-0.3, -0.25) is 9.69 Å². The van der Waals surface area contributed by atoms with Gasteiger partial charge in [0.15, 0.2) is 0 Å². The zero-order chi connectivity index (χ0) is 15.8. The molecule has 2 aliphatic heterocycles. The molecule has 2 rings (SSSR count). The Bertz CT molecular complexity index is 391. The molecule has 1 N–H and O–H groups in total. The van der Waals surface area contributed by atoms with E-state index in [1.54, 1.807) is 6.92 Å². The summed E-state index contributed by atoms with van der Waals surface area (Å²) in [6.45, 7) is 19.0. The Morgan fingerprint density at radius 1 is 1.24 bits per heavy atom. The van der Waals surface area contributed by atoms with Crippen LogP contribution in [-0.4, -0.2) is 68.6 Å². The normalized spacial score (nSPS) is 28.4. The van der Waals surface area contributed by atoms with Crippen molar-refractivity contribution in [1.82, 2.24) is 15.1 Å². The third kappa shape index (κ3) is 3.87. The lowest BCUT2D eigenvalue weighted by Gasteiger charge is -2.48. The molecular formula is C16H33N3OSi. The average Bonchev–Trinajstić information content (AvgIpc) is 2.36. The van der Waals surface area contributed by atoms with Crippen LogP contribution < -0.4 is 5.32 Å². The number of carbonyl (C=O) groups is 1. The molecular weight excluding hydrogens is 278 g/mol. The van der Waals surface area contributed by atoms with Crippen molar-refractivity contribution >= 4 is 14.0 Å². The number of amides is 1. The Morgan fingerprint density at radius 3 is 2.48 bits per heavy atom. The number of fused-ring (bicyclic) bond motifs is 1. The number of rotatable bonds is 2. The molecule has 1 unspecified atom stereocenters. The molecule has 0 saturated carbocycles. The van der Waals surface area contributed by atoms with Crippen LogP contribution in [0, 0.1) is 0 Å². The van der Waals surface area contributed by atoms with E-state index in [0.717, 1.165) is 32.7 Å². The Hall–Kier alpha value is -0.393. The molecule has 0 radical (unpaired) electrons. The van der Waals surface area contributed by atoms with E-state index in [9.17, 15) is 4.79 Å². The maximum Gasteiger partial charge on any atom is 0.219 e. The first-order valence-electron chi connectivity index (χ1n) is 8.33. The van der Waals surface area contributed by atoms with E-state index in [4.69, 9.17) is 0 Å². The van der Waals surface area contributed by atoms with Crippen LogP contribution in [0.5, 0.6) is 0 Å². The Kier molecular flexibility index (Phi) is 4.86. The summed E-state index contributed by atoms with van der Waals surface area (Å²) >= 11 is 0. The van der Waals surface area contributed by atoms with Crippen LogP contribution in [0.15, 0.2) is 0 Å². The predicted molar refractivity (Wildman–Crippen MR) is 91.4 cm³/mol. The highest BCUT2D eigenvalue weighted by atomic mass is 28.3. The summed E-state index contributed by atoms with van der Waals surface area (Å²) in [7, 11) is -1.23. The molecule has 4 nitrogen and oxygen atoms in total. The second-order valence-electron chi connectivity index (χ2n) is 8.56. The third-order valence-corrected chi connectivity index (χ3v) is 11.5. The van der Waals surface area contributed by atoms with Crippen LogP contribution in [0.3, 0.4) is 0 Å². The molecule has 2 atom stereocenters. The van der Waals surface area contributed by atoms with Gasteiger partial charge in [-0.15, -0.1) is 0 Å². The zero-order valence-electron chi connectivity index (χ0n) is 14.7. The largest absolute Gasteiger partial charge is 0.340 e. The van der Waals surface area contributed by atoms with Crippen molar-refractivity contribution < 1.29 is 4.79 Å². The van der Waals surface area contributed by atoms with Crippen LogP contribution in [-0.2, 0) is 4.79 Å². The monoisotopic (exact) mass is 311 g/mol. The highest BCUT2D eigenvalue weighted by molar-refractivity contribution is 6.80.